The molecule has 1 heterocycles. The van der Waals surface area contributed by atoms with E-state index in [-0.39, 0.29) is 0 Å². The number of hydrogen-bond acceptors (Lipinski definition) is 1. The number of allylic oxidation sites excluding steroid dienone is 2. The lowest BCUT2D eigenvalue weighted by Crippen LogP contribution is -2.05. The van der Waals surface area contributed by atoms with Gasteiger partial charge in [0.15, 0.2) is 0 Å². The highest BCUT2D eigenvalue weighted by Gasteiger charge is 2.16. The first-order valence-electron chi connectivity index (χ1n) is 12.1. The third-order valence-electron chi connectivity index (χ3n) is 6.92. The lowest BCUT2D eigenvalue weighted by Gasteiger charge is -2.21. The van der Waals surface area contributed by atoms with E-state index in [0.29, 0.717) is 0 Å². The van der Waals surface area contributed by atoms with Crippen LogP contribution in [0.1, 0.15) is 43.9 Å². The number of benzene rings is 3. The molecule has 0 saturated carbocycles. The molecule has 1 aromatic heterocycles. The zero-order valence-corrected chi connectivity index (χ0v) is 19.6. The summed E-state index contributed by atoms with van der Waals surface area (Å²) >= 11 is 0. The molecule has 164 valence electrons. The van der Waals surface area contributed by atoms with Crippen LogP contribution in [-0.2, 0) is 0 Å². The van der Waals surface area contributed by atoms with Crippen molar-refractivity contribution < 1.29 is 0 Å². The summed E-state index contributed by atoms with van der Waals surface area (Å²) in [7, 11) is 0. The quantitative estimate of drug-likeness (QED) is 0.308. The molecular formula is C32H31N. The van der Waals surface area contributed by atoms with Crippen molar-refractivity contribution in [3.63, 3.8) is 0 Å². The van der Waals surface area contributed by atoms with Gasteiger partial charge in [-0.15, -0.1) is 0 Å². The van der Waals surface area contributed by atoms with Crippen molar-refractivity contribution in [2.75, 3.05) is 0 Å². The van der Waals surface area contributed by atoms with E-state index < -0.39 is 0 Å². The highest BCUT2D eigenvalue weighted by Crippen LogP contribution is 2.35. The van der Waals surface area contributed by atoms with Crippen LogP contribution in [0.5, 0.6) is 0 Å². The zero-order chi connectivity index (χ0) is 22.6. The van der Waals surface area contributed by atoms with Gasteiger partial charge in [0.1, 0.15) is 0 Å². The van der Waals surface area contributed by atoms with Gasteiger partial charge < -0.3 is 0 Å². The fraction of sp³-hybridized carbons (Fsp3) is 0.219. The minimum atomic E-state index is 0.819. The molecule has 33 heavy (non-hydrogen) atoms. The second kappa shape index (κ2) is 9.58. The van der Waals surface area contributed by atoms with E-state index in [1.165, 1.54) is 58.2 Å². The second-order valence-corrected chi connectivity index (χ2v) is 9.21. The van der Waals surface area contributed by atoms with Crippen molar-refractivity contribution in [1.82, 2.24) is 4.98 Å². The third kappa shape index (κ3) is 4.83. The number of pyridine rings is 1. The smallest absolute Gasteiger partial charge is 0.0715 e. The summed E-state index contributed by atoms with van der Waals surface area (Å²) < 4.78 is 0. The summed E-state index contributed by atoms with van der Waals surface area (Å²) in [5.41, 5.74) is 11.0. The fourth-order valence-electron chi connectivity index (χ4n) is 4.71. The Morgan fingerprint density at radius 1 is 0.697 bits per heavy atom. The summed E-state index contributed by atoms with van der Waals surface area (Å²) in [4.78, 5) is 5.13. The second-order valence-electron chi connectivity index (χ2n) is 9.21. The summed E-state index contributed by atoms with van der Waals surface area (Å²) in [6.45, 7) is 4.43. The van der Waals surface area contributed by atoms with E-state index in [1.807, 2.05) is 0 Å². The van der Waals surface area contributed by atoms with Crippen LogP contribution in [0.4, 0.5) is 0 Å². The van der Waals surface area contributed by atoms with Crippen LogP contribution in [0.2, 0.25) is 0 Å². The van der Waals surface area contributed by atoms with Gasteiger partial charge in [-0.05, 0) is 72.1 Å². The maximum atomic E-state index is 5.13. The number of aryl methyl sites for hydroxylation is 1. The third-order valence-corrected chi connectivity index (χ3v) is 6.92. The Labute approximate surface area is 197 Å². The van der Waals surface area contributed by atoms with E-state index in [2.05, 4.69) is 111 Å². The summed E-state index contributed by atoms with van der Waals surface area (Å²) in [6.07, 6.45) is 7.25. The average molecular weight is 430 g/mol. The van der Waals surface area contributed by atoms with E-state index >= 15 is 0 Å². The normalized spacial score (nSPS) is 15.8. The van der Waals surface area contributed by atoms with Crippen molar-refractivity contribution in [3.05, 3.63) is 108 Å². The molecule has 1 aliphatic carbocycles. The van der Waals surface area contributed by atoms with Crippen LogP contribution in [-0.4, -0.2) is 4.98 Å². The van der Waals surface area contributed by atoms with Crippen LogP contribution in [0.3, 0.4) is 0 Å². The number of aromatic nitrogens is 1. The number of hydrogen-bond donors (Lipinski definition) is 0. The summed E-state index contributed by atoms with van der Waals surface area (Å²) in [5, 5.41) is 0. The first-order valence-corrected chi connectivity index (χ1v) is 12.1. The molecule has 5 rings (SSSR count). The number of nitrogens with zero attached hydrogens (tertiary/aromatic N) is 1. The Hall–Kier alpha value is -3.45. The molecular weight excluding hydrogens is 398 g/mol. The van der Waals surface area contributed by atoms with E-state index in [1.54, 1.807) is 0 Å². The summed E-state index contributed by atoms with van der Waals surface area (Å²) in [6, 6.07) is 32.7. The minimum Gasteiger partial charge on any atom is -0.248 e. The lowest BCUT2D eigenvalue weighted by atomic mass is 9.86. The first-order chi connectivity index (χ1) is 16.2. The molecule has 1 unspecified atom stereocenters. The molecule has 0 spiro atoms. The Bertz CT molecular complexity index is 1250. The standard InChI is InChI=1S/C32H31N/c1-3-24-11-15-29(16-12-24)32-22-30(21-31(33-32)28-13-9-23(2)10-14-28)27-19-17-26(18-20-27)25-7-5-4-6-8-25/h4-10,13-15,17-22,24H,3,11-12,16H2,1-2H3. The molecule has 0 radical (unpaired) electrons. The highest BCUT2D eigenvalue weighted by molar-refractivity contribution is 5.77. The van der Waals surface area contributed by atoms with Gasteiger partial charge in [0.2, 0.25) is 0 Å². The van der Waals surface area contributed by atoms with Gasteiger partial charge in [0.05, 0.1) is 11.4 Å². The van der Waals surface area contributed by atoms with E-state index in [9.17, 15) is 0 Å². The highest BCUT2D eigenvalue weighted by atomic mass is 14.7. The molecule has 0 fully saturated rings. The molecule has 0 amide bonds. The maximum absolute atomic E-state index is 5.13. The van der Waals surface area contributed by atoms with Gasteiger partial charge in [-0.3, -0.25) is 0 Å². The van der Waals surface area contributed by atoms with E-state index in [4.69, 9.17) is 4.98 Å². The van der Waals surface area contributed by atoms with Crippen LogP contribution in [0.15, 0.2) is 97.1 Å². The van der Waals surface area contributed by atoms with Gasteiger partial charge in [0.25, 0.3) is 0 Å². The van der Waals surface area contributed by atoms with Gasteiger partial charge in [-0.25, -0.2) is 4.98 Å². The van der Waals surface area contributed by atoms with Gasteiger partial charge in [-0.2, -0.15) is 0 Å². The largest absolute Gasteiger partial charge is 0.248 e. The minimum absolute atomic E-state index is 0.819. The zero-order valence-electron chi connectivity index (χ0n) is 19.6. The molecule has 0 bridgehead atoms. The molecule has 1 nitrogen and oxygen atoms in total. The monoisotopic (exact) mass is 429 g/mol. The Balaban J connectivity index is 1.55. The van der Waals surface area contributed by atoms with E-state index in [0.717, 1.165) is 23.7 Å². The van der Waals surface area contributed by atoms with Crippen LogP contribution in [0, 0.1) is 12.8 Å². The van der Waals surface area contributed by atoms with Crippen molar-refractivity contribution in [1.29, 1.82) is 0 Å². The molecule has 1 aliphatic rings. The fourth-order valence-corrected chi connectivity index (χ4v) is 4.71. The van der Waals surface area contributed by atoms with Crippen molar-refractivity contribution in [3.8, 4) is 33.5 Å². The first kappa shape index (κ1) is 21.4. The molecule has 1 heteroatoms. The predicted molar refractivity (Wildman–Crippen MR) is 141 cm³/mol. The Morgan fingerprint density at radius 2 is 1.30 bits per heavy atom. The van der Waals surface area contributed by atoms with Gasteiger partial charge >= 0.3 is 0 Å². The van der Waals surface area contributed by atoms with Crippen LogP contribution < -0.4 is 0 Å². The molecule has 0 aliphatic heterocycles. The average Bonchev–Trinajstić information content (AvgIpc) is 2.89. The van der Waals surface area contributed by atoms with Gasteiger partial charge in [0, 0.05) is 5.56 Å². The molecule has 3 aromatic carbocycles. The molecule has 1 atom stereocenters. The van der Waals surface area contributed by atoms with Crippen molar-refractivity contribution in [2.45, 2.75) is 39.5 Å². The lowest BCUT2D eigenvalue weighted by molar-refractivity contribution is 0.470. The summed E-state index contributed by atoms with van der Waals surface area (Å²) in [5.74, 6) is 0.819. The molecule has 4 aromatic rings. The SMILES string of the molecule is CCC1CC=C(c2cc(-c3ccc(-c4ccccc4)cc3)cc(-c3ccc(C)cc3)n2)CC1. The van der Waals surface area contributed by atoms with Crippen molar-refractivity contribution in [2.24, 2.45) is 5.92 Å². The van der Waals surface area contributed by atoms with Crippen molar-refractivity contribution >= 4 is 5.57 Å². The predicted octanol–water partition coefficient (Wildman–Crippen LogP) is 8.98. The maximum Gasteiger partial charge on any atom is 0.0715 e. The van der Waals surface area contributed by atoms with Crippen LogP contribution in [0.25, 0.3) is 39.1 Å². The Kier molecular flexibility index (Phi) is 6.21. The van der Waals surface area contributed by atoms with Gasteiger partial charge in [-0.1, -0.05) is 104 Å². The number of rotatable bonds is 5. The van der Waals surface area contributed by atoms with Crippen LogP contribution >= 0.6 is 0 Å². The Morgan fingerprint density at radius 3 is 1.94 bits per heavy atom. The molecule has 0 saturated heterocycles. The molecule has 0 N–H and O–H groups in total. The topological polar surface area (TPSA) is 12.9 Å².